The molecule has 1 aliphatic rings. The Bertz CT molecular complexity index is 941. The number of hydrogen-bond donors (Lipinski definition) is 1. The zero-order valence-corrected chi connectivity index (χ0v) is 21.1. The minimum Gasteiger partial charge on any atom is -0.508 e. The molecule has 0 atom stereocenters. The third kappa shape index (κ3) is 8.69. The Morgan fingerprint density at radius 3 is 2.18 bits per heavy atom. The van der Waals surface area contributed by atoms with Crippen molar-refractivity contribution in [1.29, 1.82) is 0 Å². The lowest BCUT2D eigenvalue weighted by Gasteiger charge is -2.37. The van der Waals surface area contributed by atoms with Crippen LogP contribution in [-0.4, -0.2) is 58.7 Å². The molecule has 186 valence electrons. The Balaban J connectivity index is 0.000000430. The standard InChI is InChI=1S/C20H29FN2O3.C7H8O/c1-14-6-7-15(12-17(14)21)13-18(24)22(5)16-8-10-23(11-9-16)19(25)26-20(2,3)4;1-6-2-4-7(8)5-3-6/h6-7,12,16H,8-11,13H2,1-5H3;2-5,8H,1H3. The van der Waals surface area contributed by atoms with Crippen LogP contribution < -0.4 is 0 Å². The highest BCUT2D eigenvalue weighted by Crippen LogP contribution is 2.19. The number of amides is 2. The first kappa shape index (κ1) is 27.2. The van der Waals surface area contributed by atoms with Gasteiger partial charge in [-0.2, -0.15) is 0 Å². The van der Waals surface area contributed by atoms with E-state index in [2.05, 4.69) is 0 Å². The quantitative estimate of drug-likeness (QED) is 0.664. The number of carbonyl (C=O) groups excluding carboxylic acids is 2. The predicted molar refractivity (Wildman–Crippen MR) is 131 cm³/mol. The number of phenolic OH excluding ortho intramolecular Hbond substituents is 1. The molecule has 0 spiro atoms. The number of halogens is 1. The molecule has 2 amide bonds. The summed E-state index contributed by atoms with van der Waals surface area (Å²) in [6, 6.07) is 12.1. The molecule has 0 saturated carbocycles. The average molecular weight is 473 g/mol. The van der Waals surface area contributed by atoms with Gasteiger partial charge in [0.05, 0.1) is 6.42 Å². The number of likely N-dealkylation sites (N-methyl/N-ethyl adjacent to an activating group) is 1. The van der Waals surface area contributed by atoms with Crippen molar-refractivity contribution >= 4 is 12.0 Å². The summed E-state index contributed by atoms with van der Waals surface area (Å²) < 4.78 is 19.0. The largest absolute Gasteiger partial charge is 0.508 e. The lowest BCUT2D eigenvalue weighted by molar-refractivity contribution is -0.132. The zero-order valence-electron chi connectivity index (χ0n) is 21.1. The van der Waals surface area contributed by atoms with E-state index in [1.54, 1.807) is 48.0 Å². The van der Waals surface area contributed by atoms with Gasteiger partial charge in [0, 0.05) is 26.2 Å². The van der Waals surface area contributed by atoms with E-state index < -0.39 is 5.60 Å². The highest BCUT2D eigenvalue weighted by Gasteiger charge is 2.29. The van der Waals surface area contributed by atoms with Gasteiger partial charge in [-0.25, -0.2) is 9.18 Å². The van der Waals surface area contributed by atoms with E-state index in [1.807, 2.05) is 39.8 Å². The van der Waals surface area contributed by atoms with Crippen molar-refractivity contribution in [3.8, 4) is 5.75 Å². The highest BCUT2D eigenvalue weighted by atomic mass is 19.1. The van der Waals surface area contributed by atoms with Crippen LogP contribution >= 0.6 is 0 Å². The second-order valence-electron chi connectivity index (χ2n) is 9.80. The molecule has 1 heterocycles. The second-order valence-corrected chi connectivity index (χ2v) is 9.80. The first-order chi connectivity index (χ1) is 15.9. The Labute approximate surface area is 202 Å². The number of ether oxygens (including phenoxy) is 1. The van der Waals surface area contributed by atoms with Gasteiger partial charge in [0.15, 0.2) is 0 Å². The van der Waals surface area contributed by atoms with E-state index in [4.69, 9.17) is 9.84 Å². The molecule has 1 saturated heterocycles. The number of rotatable bonds is 3. The minimum atomic E-state index is -0.510. The van der Waals surface area contributed by atoms with Crippen LogP contribution in [0.15, 0.2) is 42.5 Å². The minimum absolute atomic E-state index is 0.0380. The average Bonchev–Trinajstić information content (AvgIpc) is 2.77. The van der Waals surface area contributed by atoms with Crippen LogP contribution in [-0.2, 0) is 16.0 Å². The molecular weight excluding hydrogens is 435 g/mol. The van der Waals surface area contributed by atoms with Gasteiger partial charge in [-0.15, -0.1) is 0 Å². The maximum absolute atomic E-state index is 13.6. The number of aromatic hydroxyl groups is 1. The van der Waals surface area contributed by atoms with E-state index >= 15 is 0 Å². The highest BCUT2D eigenvalue weighted by molar-refractivity contribution is 5.79. The van der Waals surface area contributed by atoms with Crippen LogP contribution in [0.4, 0.5) is 9.18 Å². The lowest BCUT2D eigenvalue weighted by atomic mass is 10.0. The summed E-state index contributed by atoms with van der Waals surface area (Å²) in [5.74, 6) is 0.00296. The summed E-state index contributed by atoms with van der Waals surface area (Å²) in [6.07, 6.45) is 1.30. The number of phenols is 1. The first-order valence-corrected chi connectivity index (χ1v) is 11.6. The van der Waals surface area contributed by atoms with Gasteiger partial charge in [-0.05, 0) is 76.8 Å². The van der Waals surface area contributed by atoms with Crippen molar-refractivity contribution in [3.05, 3.63) is 65.0 Å². The monoisotopic (exact) mass is 472 g/mol. The van der Waals surface area contributed by atoms with Crippen LogP contribution in [0.25, 0.3) is 0 Å². The SMILES string of the molecule is Cc1ccc(CC(=O)N(C)C2CCN(C(=O)OC(C)(C)C)CC2)cc1F.Cc1ccc(O)cc1. The molecule has 6 nitrogen and oxygen atoms in total. The summed E-state index contributed by atoms with van der Waals surface area (Å²) in [5.41, 5.74) is 1.91. The summed E-state index contributed by atoms with van der Waals surface area (Å²) >= 11 is 0. The number of benzene rings is 2. The van der Waals surface area contributed by atoms with Gasteiger partial charge >= 0.3 is 6.09 Å². The molecule has 2 aromatic carbocycles. The van der Waals surface area contributed by atoms with Crippen LogP contribution in [0.2, 0.25) is 0 Å². The summed E-state index contributed by atoms with van der Waals surface area (Å²) in [5, 5.41) is 8.76. The smallest absolute Gasteiger partial charge is 0.410 e. The van der Waals surface area contributed by atoms with Crippen LogP contribution in [0.1, 0.15) is 50.3 Å². The van der Waals surface area contributed by atoms with Crippen molar-refractivity contribution in [3.63, 3.8) is 0 Å². The number of hydrogen-bond acceptors (Lipinski definition) is 4. The Morgan fingerprint density at radius 2 is 1.68 bits per heavy atom. The molecular formula is C27H37FN2O4. The number of nitrogens with zero attached hydrogens (tertiary/aromatic N) is 2. The Kier molecular flexibility index (Phi) is 9.47. The molecule has 1 fully saturated rings. The van der Waals surface area contributed by atoms with Crippen molar-refractivity contribution in [2.45, 2.75) is 65.5 Å². The Morgan fingerprint density at radius 1 is 1.09 bits per heavy atom. The maximum Gasteiger partial charge on any atom is 0.410 e. The fourth-order valence-corrected chi connectivity index (χ4v) is 3.56. The topological polar surface area (TPSA) is 70.1 Å². The number of carbonyl (C=O) groups is 2. The molecule has 0 aliphatic carbocycles. The second kappa shape index (κ2) is 11.9. The molecule has 7 heteroatoms. The molecule has 1 N–H and O–H groups in total. The molecule has 34 heavy (non-hydrogen) atoms. The van der Waals surface area contributed by atoms with Gasteiger partial charge < -0.3 is 19.6 Å². The van der Waals surface area contributed by atoms with Crippen molar-refractivity contribution < 1.29 is 23.8 Å². The van der Waals surface area contributed by atoms with E-state index in [1.165, 1.54) is 11.6 Å². The van der Waals surface area contributed by atoms with Gasteiger partial charge in [0.2, 0.25) is 5.91 Å². The van der Waals surface area contributed by atoms with E-state index in [-0.39, 0.29) is 30.3 Å². The Hall–Kier alpha value is -3.09. The predicted octanol–water partition coefficient (Wildman–Crippen LogP) is 5.24. The molecule has 0 unspecified atom stereocenters. The van der Waals surface area contributed by atoms with Gasteiger partial charge in [-0.1, -0.05) is 29.8 Å². The van der Waals surface area contributed by atoms with Crippen LogP contribution in [0.3, 0.4) is 0 Å². The zero-order chi connectivity index (χ0) is 25.5. The maximum atomic E-state index is 13.6. The summed E-state index contributed by atoms with van der Waals surface area (Å²) in [7, 11) is 1.78. The van der Waals surface area contributed by atoms with Crippen molar-refractivity contribution in [2.24, 2.45) is 0 Å². The van der Waals surface area contributed by atoms with Gasteiger partial charge in [0.1, 0.15) is 17.2 Å². The molecule has 0 aromatic heterocycles. The molecule has 0 bridgehead atoms. The third-order valence-corrected chi connectivity index (χ3v) is 5.68. The van der Waals surface area contributed by atoms with E-state index in [0.29, 0.717) is 42.8 Å². The molecule has 2 aromatic rings. The van der Waals surface area contributed by atoms with Crippen LogP contribution in [0, 0.1) is 19.7 Å². The van der Waals surface area contributed by atoms with Crippen molar-refractivity contribution in [1.82, 2.24) is 9.80 Å². The summed E-state index contributed by atoms with van der Waals surface area (Å²) in [4.78, 5) is 28.0. The van der Waals surface area contributed by atoms with Gasteiger partial charge in [0.25, 0.3) is 0 Å². The van der Waals surface area contributed by atoms with E-state index in [0.717, 1.165) is 0 Å². The molecule has 3 rings (SSSR count). The number of piperidine rings is 1. The lowest BCUT2D eigenvalue weighted by Crippen LogP contribution is -2.48. The third-order valence-electron chi connectivity index (χ3n) is 5.68. The fraction of sp³-hybridized carbons (Fsp3) is 0.481. The molecule has 1 aliphatic heterocycles. The first-order valence-electron chi connectivity index (χ1n) is 11.6. The summed E-state index contributed by atoms with van der Waals surface area (Å²) in [6.45, 7) is 10.4. The normalized spacial score (nSPS) is 14.1. The van der Waals surface area contributed by atoms with E-state index in [9.17, 15) is 14.0 Å². The molecule has 0 radical (unpaired) electrons. The van der Waals surface area contributed by atoms with Gasteiger partial charge in [-0.3, -0.25) is 4.79 Å². The van der Waals surface area contributed by atoms with Crippen molar-refractivity contribution in [2.75, 3.05) is 20.1 Å². The number of likely N-dealkylation sites (tertiary alicyclic amines) is 1. The fourth-order valence-electron chi connectivity index (χ4n) is 3.56. The number of aryl methyl sites for hydroxylation is 2. The van der Waals surface area contributed by atoms with Crippen LogP contribution in [0.5, 0.6) is 5.75 Å².